The van der Waals surface area contributed by atoms with Gasteiger partial charge in [0, 0.05) is 18.9 Å². The normalized spacial score (nSPS) is 24.8. The molecule has 1 aromatic rings. The van der Waals surface area contributed by atoms with E-state index in [4.69, 9.17) is 21.1 Å². The van der Waals surface area contributed by atoms with Crippen molar-refractivity contribution in [3.63, 3.8) is 0 Å². The second kappa shape index (κ2) is 12.8. The minimum Gasteiger partial charge on any atom is -0.350 e. The van der Waals surface area contributed by atoms with Crippen LogP contribution in [0.2, 0.25) is 5.02 Å². The van der Waals surface area contributed by atoms with Crippen LogP contribution in [0.25, 0.3) is 0 Å². The van der Waals surface area contributed by atoms with Gasteiger partial charge in [-0.05, 0) is 43.9 Å². The Kier molecular flexibility index (Phi) is 9.60. The largest absolute Gasteiger partial charge is 0.350 e. The van der Waals surface area contributed by atoms with Gasteiger partial charge in [-0.3, -0.25) is 24.0 Å². The maximum Gasteiger partial charge on any atom is 0.267 e. The number of amides is 4. The van der Waals surface area contributed by atoms with E-state index in [1.54, 1.807) is 0 Å². The van der Waals surface area contributed by atoms with E-state index in [-0.39, 0.29) is 28.8 Å². The van der Waals surface area contributed by atoms with E-state index in [1.807, 2.05) is 0 Å². The molecule has 4 rings (SSSR count). The van der Waals surface area contributed by atoms with Crippen molar-refractivity contribution in [2.75, 3.05) is 25.1 Å². The average Bonchev–Trinajstić information content (AvgIpc) is 3.62. The fourth-order valence-corrected chi connectivity index (χ4v) is 5.50. The summed E-state index contributed by atoms with van der Waals surface area (Å²) < 4.78 is 40.1. The Morgan fingerprint density at radius 2 is 1.93 bits per heavy atom. The van der Waals surface area contributed by atoms with Crippen LogP contribution in [0.15, 0.2) is 18.2 Å². The molecule has 4 atom stereocenters. The van der Waals surface area contributed by atoms with Gasteiger partial charge < -0.3 is 30.3 Å². The predicted octanol–water partition coefficient (Wildman–Crippen LogP) is 2.27. The van der Waals surface area contributed by atoms with Crippen molar-refractivity contribution in [3.8, 4) is 0 Å². The van der Waals surface area contributed by atoms with Gasteiger partial charge in [0.15, 0.2) is 12.1 Å². The van der Waals surface area contributed by atoms with Crippen LogP contribution in [0.1, 0.15) is 56.3 Å². The summed E-state index contributed by atoms with van der Waals surface area (Å²) in [7, 11) is 0. The number of nitrogens with one attached hydrogen (secondary N) is 3. The molecule has 0 aromatic heterocycles. The summed E-state index contributed by atoms with van der Waals surface area (Å²) >= 11 is 6.11. The van der Waals surface area contributed by atoms with Crippen LogP contribution >= 0.6 is 11.6 Å². The highest BCUT2D eigenvalue weighted by Gasteiger charge is 2.52. The molecule has 1 aromatic carbocycles. The van der Waals surface area contributed by atoms with Gasteiger partial charge in [0.2, 0.25) is 17.7 Å². The molecule has 2 saturated heterocycles. The molecule has 4 unspecified atom stereocenters. The third-order valence-corrected chi connectivity index (χ3v) is 7.71. The second-order valence-electron chi connectivity index (χ2n) is 10.7. The number of carbonyl (C=O) groups excluding carboxylic acids is 5. The van der Waals surface area contributed by atoms with E-state index in [1.165, 1.54) is 32.0 Å². The summed E-state index contributed by atoms with van der Waals surface area (Å²) in [5, 5.41) is 7.46. The number of nitrogens with zero attached hydrogens (tertiary/aromatic N) is 1. The van der Waals surface area contributed by atoms with Gasteiger partial charge in [-0.25, -0.2) is 8.78 Å². The van der Waals surface area contributed by atoms with Crippen molar-refractivity contribution in [2.45, 2.75) is 76.3 Å². The number of hydrogen-bond acceptors (Lipinski definition) is 7. The molecule has 0 bridgehead atoms. The van der Waals surface area contributed by atoms with E-state index in [0.717, 1.165) is 25.7 Å². The number of anilines is 1. The summed E-state index contributed by atoms with van der Waals surface area (Å²) in [6.07, 6.45) is 2.19. The zero-order valence-electron chi connectivity index (χ0n) is 22.7. The third-order valence-electron chi connectivity index (χ3n) is 7.39. The minimum atomic E-state index is -3.36. The number of carbonyl (C=O) groups is 5. The first-order valence-corrected chi connectivity index (χ1v) is 13.8. The van der Waals surface area contributed by atoms with Crippen LogP contribution < -0.4 is 16.0 Å². The highest BCUT2D eigenvalue weighted by atomic mass is 35.5. The van der Waals surface area contributed by atoms with Crippen molar-refractivity contribution < 1.29 is 42.2 Å². The molecule has 3 fully saturated rings. The second-order valence-corrected chi connectivity index (χ2v) is 11.1. The Labute approximate surface area is 240 Å². The predicted molar refractivity (Wildman–Crippen MR) is 142 cm³/mol. The van der Waals surface area contributed by atoms with Crippen molar-refractivity contribution in [3.05, 3.63) is 28.8 Å². The summed E-state index contributed by atoms with van der Waals surface area (Å²) in [5.74, 6) is -6.40. The Hall–Kier alpha value is -3.16. The van der Waals surface area contributed by atoms with Crippen molar-refractivity contribution in [2.24, 2.45) is 5.92 Å². The quantitative estimate of drug-likeness (QED) is 0.396. The van der Waals surface area contributed by atoms with Gasteiger partial charge in [-0.2, -0.15) is 0 Å². The lowest BCUT2D eigenvalue weighted by Crippen LogP contribution is -2.55. The van der Waals surface area contributed by atoms with Gasteiger partial charge in [-0.15, -0.1) is 0 Å². The van der Waals surface area contributed by atoms with Crippen LogP contribution in [0, 0.1) is 5.92 Å². The summed E-state index contributed by atoms with van der Waals surface area (Å²) in [5.41, 5.74) is 0.346. The van der Waals surface area contributed by atoms with Crippen LogP contribution in [0.5, 0.6) is 0 Å². The highest BCUT2D eigenvalue weighted by molar-refractivity contribution is 6.34. The van der Waals surface area contributed by atoms with Crippen LogP contribution in [0.3, 0.4) is 0 Å². The summed E-state index contributed by atoms with van der Waals surface area (Å²) in [6.45, 7) is 1.64. The Balaban J connectivity index is 1.39. The molecular formula is C27H33ClF2N4O7. The van der Waals surface area contributed by atoms with Crippen LogP contribution in [0.4, 0.5) is 14.5 Å². The SMILES string of the molecule is CC(=O)Nc1ccc(C(=O)NC(C)C(=O)N2CC(F)(F)CC2C(=O)NC2C(=O)COC2OCC2CCCC2)cc1Cl. The number of ketones is 1. The number of rotatable bonds is 9. The number of benzene rings is 1. The lowest BCUT2D eigenvalue weighted by molar-refractivity contribution is -0.145. The topological polar surface area (TPSA) is 143 Å². The Morgan fingerprint density at radius 3 is 2.59 bits per heavy atom. The first-order chi connectivity index (χ1) is 19.3. The zero-order chi connectivity index (χ0) is 29.9. The fourth-order valence-electron chi connectivity index (χ4n) is 5.27. The molecule has 2 heterocycles. The fraction of sp³-hybridized carbons (Fsp3) is 0.593. The number of likely N-dealkylation sites (tertiary alicyclic amines) is 1. The van der Waals surface area contributed by atoms with Crippen LogP contribution in [-0.4, -0.2) is 84.4 Å². The smallest absolute Gasteiger partial charge is 0.267 e. The number of hydrogen-bond donors (Lipinski definition) is 3. The number of Topliss-reactive ketones (excluding diaryl/α,β-unsaturated/α-hetero) is 1. The highest BCUT2D eigenvalue weighted by Crippen LogP contribution is 2.33. The molecule has 1 aliphatic carbocycles. The summed E-state index contributed by atoms with van der Waals surface area (Å²) in [4.78, 5) is 63.4. The lowest BCUT2D eigenvalue weighted by Gasteiger charge is -2.28. The molecule has 1 saturated carbocycles. The van der Waals surface area contributed by atoms with Crippen molar-refractivity contribution >= 4 is 46.7 Å². The monoisotopic (exact) mass is 598 g/mol. The lowest BCUT2D eigenvalue weighted by atomic mass is 10.1. The van der Waals surface area contributed by atoms with E-state index in [9.17, 15) is 32.8 Å². The van der Waals surface area contributed by atoms with Crippen molar-refractivity contribution in [1.82, 2.24) is 15.5 Å². The van der Waals surface area contributed by atoms with E-state index in [0.29, 0.717) is 17.4 Å². The molecule has 4 amide bonds. The first kappa shape index (κ1) is 30.8. The number of alkyl halides is 2. The molecule has 41 heavy (non-hydrogen) atoms. The molecule has 0 spiro atoms. The maximum absolute atomic E-state index is 14.5. The summed E-state index contributed by atoms with van der Waals surface area (Å²) in [6, 6.07) is 0.0241. The van der Waals surface area contributed by atoms with Gasteiger partial charge in [0.25, 0.3) is 11.8 Å². The molecule has 0 radical (unpaired) electrons. The zero-order valence-corrected chi connectivity index (χ0v) is 23.5. The van der Waals surface area contributed by atoms with Gasteiger partial charge in [-0.1, -0.05) is 24.4 Å². The Bertz CT molecular complexity index is 1210. The van der Waals surface area contributed by atoms with Gasteiger partial charge >= 0.3 is 0 Å². The minimum absolute atomic E-state index is 0.0631. The van der Waals surface area contributed by atoms with Gasteiger partial charge in [0.05, 0.1) is 23.9 Å². The third kappa shape index (κ3) is 7.57. The maximum atomic E-state index is 14.5. The molecule has 2 aliphatic heterocycles. The molecule has 3 aliphatic rings. The molecule has 11 nitrogen and oxygen atoms in total. The van der Waals surface area contributed by atoms with Gasteiger partial charge in [0.1, 0.15) is 24.7 Å². The van der Waals surface area contributed by atoms with E-state index in [2.05, 4.69) is 16.0 Å². The van der Waals surface area contributed by atoms with E-state index < -0.39 is 66.8 Å². The molecule has 224 valence electrons. The van der Waals surface area contributed by atoms with E-state index >= 15 is 0 Å². The first-order valence-electron chi connectivity index (χ1n) is 13.5. The van der Waals surface area contributed by atoms with Crippen LogP contribution in [-0.2, 0) is 28.7 Å². The molecule has 14 heteroatoms. The molecular weight excluding hydrogens is 566 g/mol. The number of halogens is 3. The number of ether oxygens (including phenoxy) is 2. The van der Waals surface area contributed by atoms with Crippen molar-refractivity contribution in [1.29, 1.82) is 0 Å². The average molecular weight is 599 g/mol. The standard InChI is InChI=1S/C27H33ClF2N4O7/c1-14(31-23(37)17-7-8-19(18(28)9-17)32-15(2)35)25(39)34-13-27(29,30)10-20(34)24(38)33-22-21(36)12-41-26(22)40-11-16-5-3-4-6-16/h7-9,14,16,20,22,26H,3-6,10-13H2,1-2H3,(H,31,37)(H,32,35)(H,33,38). The Morgan fingerprint density at radius 1 is 1.22 bits per heavy atom. The molecule has 3 N–H and O–H groups in total.